The number of thiophene rings is 1. The van der Waals surface area contributed by atoms with Crippen molar-refractivity contribution in [2.75, 3.05) is 12.0 Å². The van der Waals surface area contributed by atoms with Crippen molar-refractivity contribution in [2.24, 2.45) is 0 Å². The Bertz CT molecular complexity index is 1470. The summed E-state index contributed by atoms with van der Waals surface area (Å²) >= 11 is 4.83. The lowest BCUT2D eigenvalue weighted by Crippen LogP contribution is -2.29. The Morgan fingerprint density at radius 2 is 1.76 bits per heavy atom. The second-order valence-electron chi connectivity index (χ2n) is 8.30. The van der Waals surface area contributed by atoms with Gasteiger partial charge in [-0.05, 0) is 75.4 Å². The van der Waals surface area contributed by atoms with Crippen molar-refractivity contribution in [3.63, 3.8) is 0 Å². The van der Waals surface area contributed by atoms with Gasteiger partial charge >= 0.3 is 0 Å². The SMILES string of the molecule is COc1ccc(/C(O)=C2/C(=O)C(=O)N(c3ccc(OCc4ccccc4)cc3)C2c2cccs2)cc1Br. The number of hydrogen-bond acceptors (Lipinski definition) is 6. The highest BCUT2D eigenvalue weighted by Crippen LogP contribution is 2.44. The van der Waals surface area contributed by atoms with E-state index in [0.29, 0.717) is 33.8 Å². The third kappa shape index (κ3) is 4.90. The minimum absolute atomic E-state index is 0.0360. The Morgan fingerprint density at radius 1 is 1.00 bits per heavy atom. The quantitative estimate of drug-likeness (QED) is 0.150. The van der Waals surface area contributed by atoms with Crippen molar-refractivity contribution in [1.29, 1.82) is 0 Å². The lowest BCUT2D eigenvalue weighted by molar-refractivity contribution is -0.132. The average molecular weight is 576 g/mol. The molecule has 4 aromatic rings. The van der Waals surface area contributed by atoms with Gasteiger partial charge in [0.05, 0.1) is 17.2 Å². The molecule has 1 fully saturated rings. The zero-order valence-corrected chi connectivity index (χ0v) is 22.2. The van der Waals surface area contributed by atoms with E-state index < -0.39 is 17.7 Å². The summed E-state index contributed by atoms with van der Waals surface area (Å²) in [7, 11) is 1.54. The van der Waals surface area contributed by atoms with Crippen LogP contribution < -0.4 is 14.4 Å². The number of carbonyl (C=O) groups excluding carboxylic acids is 2. The molecule has 1 atom stereocenters. The topological polar surface area (TPSA) is 76.1 Å². The molecule has 1 N–H and O–H groups in total. The van der Waals surface area contributed by atoms with Crippen LogP contribution >= 0.6 is 27.3 Å². The lowest BCUT2D eigenvalue weighted by Gasteiger charge is -2.24. The molecule has 1 aromatic heterocycles. The highest BCUT2D eigenvalue weighted by atomic mass is 79.9. The number of rotatable bonds is 7. The van der Waals surface area contributed by atoms with Crippen LogP contribution in [0.25, 0.3) is 5.76 Å². The molecule has 3 aromatic carbocycles. The molecule has 6 nitrogen and oxygen atoms in total. The fourth-order valence-corrected chi connectivity index (χ4v) is 5.59. The number of amides is 1. The highest BCUT2D eigenvalue weighted by molar-refractivity contribution is 9.10. The molecule has 0 radical (unpaired) electrons. The Kier molecular flexibility index (Phi) is 7.12. The number of halogens is 1. The summed E-state index contributed by atoms with van der Waals surface area (Å²) in [5, 5.41) is 13.1. The van der Waals surface area contributed by atoms with Gasteiger partial charge in [0.2, 0.25) is 0 Å². The Balaban J connectivity index is 1.50. The summed E-state index contributed by atoms with van der Waals surface area (Å²) in [6.07, 6.45) is 0. The minimum Gasteiger partial charge on any atom is -0.507 e. The number of aliphatic hydroxyl groups excluding tert-OH is 1. The maximum Gasteiger partial charge on any atom is 0.300 e. The summed E-state index contributed by atoms with van der Waals surface area (Å²) in [4.78, 5) is 28.8. The van der Waals surface area contributed by atoms with Crippen molar-refractivity contribution in [3.8, 4) is 11.5 Å². The first kappa shape index (κ1) is 24.8. The predicted octanol–water partition coefficient (Wildman–Crippen LogP) is 6.72. The van der Waals surface area contributed by atoms with Crippen LogP contribution in [0.15, 0.2) is 100 Å². The van der Waals surface area contributed by atoms with Crippen LogP contribution in [-0.2, 0) is 16.2 Å². The summed E-state index contributed by atoms with van der Waals surface area (Å²) < 4.78 is 11.8. The molecule has 37 heavy (non-hydrogen) atoms. The zero-order valence-electron chi connectivity index (χ0n) is 19.8. The monoisotopic (exact) mass is 575 g/mol. The van der Waals surface area contributed by atoms with Crippen LogP contribution in [0.2, 0.25) is 0 Å². The molecule has 0 aliphatic carbocycles. The molecule has 1 saturated heterocycles. The number of hydrogen-bond donors (Lipinski definition) is 1. The molecule has 8 heteroatoms. The van der Waals surface area contributed by atoms with Gasteiger partial charge in [-0.2, -0.15) is 0 Å². The van der Waals surface area contributed by atoms with E-state index in [1.165, 1.54) is 16.2 Å². The second-order valence-corrected chi connectivity index (χ2v) is 10.1. The van der Waals surface area contributed by atoms with Gasteiger partial charge in [-0.1, -0.05) is 36.4 Å². The number of aliphatic hydroxyl groups is 1. The van der Waals surface area contributed by atoms with Crippen molar-refractivity contribution < 1.29 is 24.2 Å². The van der Waals surface area contributed by atoms with Gasteiger partial charge in [-0.15, -0.1) is 11.3 Å². The van der Waals surface area contributed by atoms with E-state index in [2.05, 4.69) is 15.9 Å². The molecule has 0 saturated carbocycles. The van der Waals surface area contributed by atoms with E-state index in [1.807, 2.05) is 47.8 Å². The fraction of sp³-hybridized carbons (Fsp3) is 0.103. The molecule has 0 spiro atoms. The highest BCUT2D eigenvalue weighted by Gasteiger charge is 2.47. The molecule has 1 unspecified atom stereocenters. The normalized spacial score (nSPS) is 16.7. The number of ketones is 1. The maximum absolute atomic E-state index is 13.3. The van der Waals surface area contributed by atoms with Gasteiger partial charge < -0.3 is 14.6 Å². The van der Waals surface area contributed by atoms with Crippen LogP contribution in [0.5, 0.6) is 11.5 Å². The van der Waals surface area contributed by atoms with Gasteiger partial charge in [-0.3, -0.25) is 14.5 Å². The van der Waals surface area contributed by atoms with E-state index in [4.69, 9.17) is 9.47 Å². The van der Waals surface area contributed by atoms with Gasteiger partial charge in [-0.25, -0.2) is 0 Å². The second kappa shape index (κ2) is 10.6. The molecule has 5 rings (SSSR count). The van der Waals surface area contributed by atoms with Crippen molar-refractivity contribution in [3.05, 3.63) is 116 Å². The van der Waals surface area contributed by atoms with Crippen LogP contribution in [0.4, 0.5) is 5.69 Å². The number of nitrogens with zero attached hydrogens (tertiary/aromatic N) is 1. The fourth-order valence-electron chi connectivity index (χ4n) is 4.23. The molecule has 1 aliphatic heterocycles. The summed E-state index contributed by atoms with van der Waals surface area (Å²) in [5.74, 6) is -0.468. The van der Waals surface area contributed by atoms with Gasteiger partial charge in [0.15, 0.2) is 0 Å². The van der Waals surface area contributed by atoms with Crippen LogP contribution in [0, 0.1) is 0 Å². The Hall–Kier alpha value is -3.88. The first-order chi connectivity index (χ1) is 18.0. The smallest absolute Gasteiger partial charge is 0.300 e. The number of methoxy groups -OCH3 is 1. The Morgan fingerprint density at radius 3 is 2.41 bits per heavy atom. The Labute approximate surface area is 226 Å². The lowest BCUT2D eigenvalue weighted by atomic mass is 9.99. The van der Waals surface area contributed by atoms with Crippen molar-refractivity contribution >= 4 is 50.4 Å². The number of ether oxygens (including phenoxy) is 2. The van der Waals surface area contributed by atoms with E-state index >= 15 is 0 Å². The molecule has 0 bridgehead atoms. The van der Waals surface area contributed by atoms with Crippen LogP contribution in [0.3, 0.4) is 0 Å². The van der Waals surface area contributed by atoms with E-state index in [0.717, 1.165) is 10.4 Å². The molecule has 1 aliphatic rings. The third-order valence-electron chi connectivity index (χ3n) is 6.05. The van der Waals surface area contributed by atoms with Gasteiger partial charge in [0.1, 0.15) is 29.9 Å². The van der Waals surface area contributed by atoms with E-state index in [9.17, 15) is 14.7 Å². The number of benzene rings is 3. The maximum atomic E-state index is 13.3. The number of Topliss-reactive ketones (excluding diaryl/α,β-unsaturated/α-hetero) is 1. The molecular formula is C29H22BrNO5S. The summed E-state index contributed by atoms with van der Waals surface area (Å²) in [6.45, 7) is 0.414. The third-order valence-corrected chi connectivity index (χ3v) is 7.59. The van der Waals surface area contributed by atoms with Crippen molar-refractivity contribution in [1.82, 2.24) is 0 Å². The molecule has 1 amide bonds. The van der Waals surface area contributed by atoms with Crippen molar-refractivity contribution in [2.45, 2.75) is 12.6 Å². The molecule has 2 heterocycles. The average Bonchev–Trinajstić information content (AvgIpc) is 3.55. The van der Waals surface area contributed by atoms with Gasteiger partial charge in [0, 0.05) is 16.1 Å². The van der Waals surface area contributed by atoms with E-state index in [-0.39, 0.29) is 11.3 Å². The number of carbonyl (C=O) groups is 2. The van der Waals surface area contributed by atoms with Gasteiger partial charge in [0.25, 0.3) is 11.7 Å². The minimum atomic E-state index is -0.767. The summed E-state index contributed by atoms with van der Waals surface area (Å²) in [6, 6.07) is 24.8. The first-order valence-electron chi connectivity index (χ1n) is 11.4. The van der Waals surface area contributed by atoms with E-state index in [1.54, 1.807) is 49.6 Å². The zero-order chi connectivity index (χ0) is 25.9. The predicted molar refractivity (Wildman–Crippen MR) is 147 cm³/mol. The molecular weight excluding hydrogens is 554 g/mol. The van der Waals surface area contributed by atoms with Crippen LogP contribution in [0.1, 0.15) is 22.0 Å². The van der Waals surface area contributed by atoms with Crippen LogP contribution in [-0.4, -0.2) is 23.9 Å². The standard InChI is InChI=1S/C29H22BrNO5S/c1-35-23-14-9-19(16-22(23)30)27(32)25-26(24-8-5-15-37-24)31(29(34)28(25)33)20-10-12-21(13-11-20)36-17-18-6-3-2-4-7-18/h2-16,26,32H,17H2,1H3/b27-25-. The first-order valence-corrected chi connectivity index (χ1v) is 13.1. The number of anilines is 1. The molecule has 186 valence electrons. The largest absolute Gasteiger partial charge is 0.507 e. The summed E-state index contributed by atoms with van der Waals surface area (Å²) in [5.41, 5.74) is 2.01.